The van der Waals surface area contributed by atoms with Gasteiger partial charge in [0.15, 0.2) is 5.78 Å². The van der Waals surface area contributed by atoms with Crippen LogP contribution in [0.1, 0.15) is 37.5 Å². The first kappa shape index (κ1) is 29.8. The maximum atomic E-state index is 13.9. The number of halogens is 2. The van der Waals surface area contributed by atoms with E-state index >= 15 is 0 Å². The molecular weight excluding hydrogens is 637 g/mol. The second-order valence-electron chi connectivity index (χ2n) is 11.8. The van der Waals surface area contributed by atoms with E-state index in [1.807, 2.05) is 12.2 Å². The summed E-state index contributed by atoms with van der Waals surface area (Å²) in [6, 6.07) is 14.5. The van der Waals surface area contributed by atoms with Crippen LogP contribution in [-0.2, 0) is 9.59 Å². The molecule has 1 saturated heterocycles. The molecule has 8 rings (SSSR count). The van der Waals surface area contributed by atoms with Gasteiger partial charge in [0.05, 0.1) is 27.3 Å². The zero-order valence-corrected chi connectivity index (χ0v) is 25.3. The van der Waals surface area contributed by atoms with E-state index in [0.29, 0.717) is 16.9 Å². The fourth-order valence-corrected chi connectivity index (χ4v) is 7.53. The molecule has 3 fully saturated rings. The maximum Gasteiger partial charge on any atom is 0.345 e. The molecular formula is C33H23Cl2N3O8. The summed E-state index contributed by atoms with van der Waals surface area (Å²) in [6.07, 6.45) is 4.95. The number of hydrazine groups is 1. The van der Waals surface area contributed by atoms with E-state index in [9.17, 15) is 34.1 Å². The lowest BCUT2D eigenvalue weighted by atomic mass is 9.63. The van der Waals surface area contributed by atoms with Gasteiger partial charge in [-0.1, -0.05) is 35.4 Å². The number of hydrogen-bond donors (Lipinski definition) is 0. The van der Waals surface area contributed by atoms with Crippen LogP contribution in [0.4, 0.5) is 5.69 Å². The molecule has 2 saturated carbocycles. The number of hydrogen-bond acceptors (Lipinski definition) is 8. The molecule has 0 radical (unpaired) electrons. The zero-order chi connectivity index (χ0) is 32.4. The number of nitro groups is 1. The van der Waals surface area contributed by atoms with Gasteiger partial charge in [0.2, 0.25) is 0 Å². The fourth-order valence-electron chi connectivity index (χ4n) is 7.04. The molecule has 6 atom stereocenters. The predicted octanol–water partition coefficient (Wildman–Crippen LogP) is 5.41. The van der Waals surface area contributed by atoms with Gasteiger partial charge in [0.1, 0.15) is 12.3 Å². The standard InChI is InChI=1S/C33H23Cl2N3O8/c34-18-5-10-23(26(35)13-18)33(43)46-20-8-3-16(4-9-20)27(39)15-36(30(40)17-1-6-19(7-2-17)38(44)45)37-31(41)28-21-11-12-22(25-14-24(21)25)29(28)32(37)42/h1-13,21-22,24-25,28-29H,14-15H2/t21-,22-,24-,25+,28+,29+/m0/s1. The molecule has 3 aromatic carbocycles. The van der Waals surface area contributed by atoms with Gasteiger partial charge in [0.25, 0.3) is 23.4 Å². The lowest BCUT2D eigenvalue weighted by Crippen LogP contribution is -2.52. The minimum absolute atomic E-state index is 0.0408. The molecule has 0 N–H and O–H groups in total. The highest BCUT2D eigenvalue weighted by atomic mass is 35.5. The number of carbonyl (C=O) groups is 5. The van der Waals surface area contributed by atoms with Crippen molar-refractivity contribution in [2.24, 2.45) is 35.5 Å². The number of allylic oxidation sites excluding steroid dienone is 2. The monoisotopic (exact) mass is 659 g/mol. The second kappa shape index (κ2) is 11.2. The van der Waals surface area contributed by atoms with Crippen LogP contribution in [0.5, 0.6) is 5.75 Å². The summed E-state index contributed by atoms with van der Waals surface area (Å²) in [7, 11) is 0. The summed E-state index contributed by atoms with van der Waals surface area (Å²) in [5.74, 6) is -3.92. The van der Waals surface area contributed by atoms with Gasteiger partial charge in [0, 0.05) is 28.3 Å². The third-order valence-corrected chi connectivity index (χ3v) is 9.82. The Labute approximate surface area is 271 Å². The van der Waals surface area contributed by atoms with Gasteiger partial charge in [-0.05, 0) is 84.7 Å². The molecule has 46 heavy (non-hydrogen) atoms. The largest absolute Gasteiger partial charge is 0.423 e. The number of nitrogens with zero attached hydrogens (tertiary/aromatic N) is 3. The van der Waals surface area contributed by atoms with Crippen molar-refractivity contribution in [3.05, 3.63) is 116 Å². The van der Waals surface area contributed by atoms with Crippen molar-refractivity contribution >= 4 is 58.4 Å². The minimum atomic E-state index is -0.834. The Kier molecular flexibility index (Phi) is 7.25. The van der Waals surface area contributed by atoms with E-state index in [0.717, 1.165) is 28.6 Å². The van der Waals surface area contributed by atoms with E-state index in [1.54, 1.807) is 0 Å². The molecule has 3 amide bonds. The number of carbonyl (C=O) groups excluding carboxylic acids is 5. The molecule has 11 nitrogen and oxygen atoms in total. The van der Waals surface area contributed by atoms with Crippen molar-refractivity contribution in [2.75, 3.05) is 6.54 Å². The molecule has 1 aliphatic heterocycles. The predicted molar refractivity (Wildman–Crippen MR) is 163 cm³/mol. The first-order valence-electron chi connectivity index (χ1n) is 14.5. The minimum Gasteiger partial charge on any atom is -0.423 e. The third kappa shape index (κ3) is 4.96. The lowest BCUT2D eigenvalue weighted by Gasteiger charge is -2.37. The molecule has 0 spiro atoms. The van der Waals surface area contributed by atoms with Crippen LogP contribution in [-0.4, -0.2) is 51.0 Å². The van der Waals surface area contributed by atoms with Gasteiger partial charge in [-0.25, -0.2) is 9.80 Å². The van der Waals surface area contributed by atoms with Crippen molar-refractivity contribution in [1.82, 2.24) is 10.0 Å². The number of amides is 3. The maximum absolute atomic E-state index is 13.9. The molecule has 0 aromatic heterocycles. The topological polar surface area (TPSA) is 144 Å². The average Bonchev–Trinajstić information content (AvgIpc) is 3.82. The normalized spacial score (nSPS) is 25.1. The van der Waals surface area contributed by atoms with E-state index in [4.69, 9.17) is 27.9 Å². The van der Waals surface area contributed by atoms with Crippen LogP contribution in [0.2, 0.25) is 10.0 Å². The van der Waals surface area contributed by atoms with Crippen LogP contribution in [0, 0.1) is 45.6 Å². The van der Waals surface area contributed by atoms with Crippen molar-refractivity contribution in [2.45, 2.75) is 6.42 Å². The quantitative estimate of drug-likeness (QED) is 0.0593. The number of imide groups is 1. The Morgan fingerprint density at radius 3 is 2.02 bits per heavy atom. The molecule has 4 aliphatic carbocycles. The number of rotatable bonds is 8. The number of benzene rings is 3. The van der Waals surface area contributed by atoms with Crippen molar-refractivity contribution in [3.8, 4) is 5.75 Å². The Balaban J connectivity index is 1.14. The van der Waals surface area contributed by atoms with Crippen LogP contribution in [0.3, 0.4) is 0 Å². The van der Waals surface area contributed by atoms with E-state index < -0.39 is 52.8 Å². The van der Waals surface area contributed by atoms with Crippen LogP contribution in [0.15, 0.2) is 78.9 Å². The summed E-state index contributed by atoms with van der Waals surface area (Å²) in [4.78, 5) is 78.3. The first-order valence-corrected chi connectivity index (χ1v) is 15.2. The number of Topliss-reactive ketones (excluding diaryl/α,β-unsaturated/α-hetero) is 1. The summed E-state index contributed by atoms with van der Waals surface area (Å²) >= 11 is 12.0. The highest BCUT2D eigenvalue weighted by molar-refractivity contribution is 6.36. The van der Waals surface area contributed by atoms with Crippen molar-refractivity contribution < 1.29 is 33.6 Å². The summed E-state index contributed by atoms with van der Waals surface area (Å²) in [5.41, 5.74) is -0.0844. The average molecular weight is 660 g/mol. The fraction of sp³-hybridized carbons (Fsp3) is 0.242. The van der Waals surface area contributed by atoms with Gasteiger partial charge in [-0.3, -0.25) is 29.3 Å². The smallest absolute Gasteiger partial charge is 0.345 e. The van der Waals surface area contributed by atoms with Crippen molar-refractivity contribution in [1.29, 1.82) is 0 Å². The Morgan fingerprint density at radius 2 is 1.46 bits per heavy atom. The van der Waals surface area contributed by atoms with Crippen LogP contribution >= 0.6 is 23.2 Å². The molecule has 5 aliphatic rings. The van der Waals surface area contributed by atoms with E-state index in [1.165, 1.54) is 54.6 Å². The number of esters is 1. The Morgan fingerprint density at radius 1 is 0.870 bits per heavy atom. The molecule has 232 valence electrons. The first-order chi connectivity index (χ1) is 22.0. The second-order valence-corrected chi connectivity index (χ2v) is 12.6. The molecule has 1 heterocycles. The summed E-state index contributed by atoms with van der Waals surface area (Å²) in [6.45, 7) is -0.665. The summed E-state index contributed by atoms with van der Waals surface area (Å²) in [5, 5.41) is 13.3. The van der Waals surface area contributed by atoms with Gasteiger partial charge >= 0.3 is 5.97 Å². The molecule has 2 bridgehead atoms. The van der Waals surface area contributed by atoms with E-state index in [-0.39, 0.29) is 45.0 Å². The van der Waals surface area contributed by atoms with Gasteiger partial charge in [-0.15, -0.1) is 0 Å². The van der Waals surface area contributed by atoms with Gasteiger partial charge in [-0.2, -0.15) is 5.01 Å². The Hall–Kier alpha value is -4.87. The number of non-ortho nitro benzene ring substituents is 1. The number of nitro benzene ring substituents is 1. The summed E-state index contributed by atoms with van der Waals surface area (Å²) < 4.78 is 5.37. The molecule has 13 heteroatoms. The number of ketones is 1. The van der Waals surface area contributed by atoms with E-state index in [2.05, 4.69) is 0 Å². The van der Waals surface area contributed by atoms with Crippen molar-refractivity contribution in [3.63, 3.8) is 0 Å². The third-order valence-electron chi connectivity index (χ3n) is 9.27. The van der Waals surface area contributed by atoms with Crippen LogP contribution in [0.25, 0.3) is 0 Å². The zero-order valence-electron chi connectivity index (χ0n) is 23.7. The lowest BCUT2D eigenvalue weighted by molar-refractivity contribution is -0.384. The van der Waals surface area contributed by atoms with Crippen LogP contribution < -0.4 is 4.74 Å². The highest BCUT2D eigenvalue weighted by Crippen LogP contribution is 2.65. The molecule has 3 aromatic rings. The Bertz CT molecular complexity index is 1840. The highest BCUT2D eigenvalue weighted by Gasteiger charge is 2.68. The van der Waals surface area contributed by atoms with Gasteiger partial charge < -0.3 is 4.74 Å². The number of ether oxygens (including phenoxy) is 1. The SMILES string of the molecule is O=C(CN(C(=O)c1ccc([N+](=O)[O-])cc1)N1C(=O)[C@@H]2[C@H]3C=C[C@@H]([C@@H]4C[C@H]34)[C@H]2C1=O)c1ccc(OC(=O)c2ccc(Cl)cc2Cl)cc1. The molecule has 0 unspecified atom stereocenters.